The van der Waals surface area contributed by atoms with Crippen LogP contribution >= 0.6 is 0 Å². The van der Waals surface area contributed by atoms with E-state index in [1.807, 2.05) is 60.7 Å². The van der Waals surface area contributed by atoms with Gasteiger partial charge in [-0.3, -0.25) is 0 Å². The largest absolute Gasteiger partial charge is 0.455 e. The van der Waals surface area contributed by atoms with Crippen molar-refractivity contribution in [3.8, 4) is 22.4 Å². The monoisotopic (exact) mass is 340 g/mol. The van der Waals surface area contributed by atoms with Crippen LogP contribution in [0.2, 0.25) is 0 Å². The minimum Gasteiger partial charge on any atom is -0.455 e. The van der Waals surface area contributed by atoms with Crippen LogP contribution in [0.5, 0.6) is 0 Å². The Balaban J connectivity index is 1.75. The summed E-state index contributed by atoms with van der Waals surface area (Å²) in [5.41, 5.74) is 3.91. The summed E-state index contributed by atoms with van der Waals surface area (Å²) in [7, 11) is 0. The summed E-state index contributed by atoms with van der Waals surface area (Å²) in [6.07, 6.45) is 1.25. The number of aromatic nitrogens is 2. The molecular formula is C23H16N2O. The molecule has 0 aliphatic rings. The van der Waals surface area contributed by atoms with Crippen LogP contribution in [0.3, 0.4) is 0 Å². The average molecular weight is 340 g/mol. The molecule has 0 radical (unpaired) electrons. The third-order valence-corrected chi connectivity index (χ3v) is 4.45. The summed E-state index contributed by atoms with van der Waals surface area (Å²) in [5.74, 6) is 0. The highest BCUT2D eigenvalue weighted by molar-refractivity contribution is 6.10. The molecule has 0 aliphatic carbocycles. The molecule has 0 fully saturated rings. The van der Waals surface area contributed by atoms with E-state index in [0.717, 1.165) is 21.9 Å². The van der Waals surface area contributed by atoms with E-state index in [4.69, 9.17) is 9.90 Å². The number of rotatable bonds is 2. The molecule has 3 heteroatoms. The summed E-state index contributed by atoms with van der Waals surface area (Å²) in [6.45, 7) is -2.32. The first-order chi connectivity index (χ1) is 14.4. The predicted octanol–water partition coefficient (Wildman–Crippen LogP) is 6.02. The lowest BCUT2D eigenvalue weighted by atomic mass is 10.0. The molecular weight excluding hydrogens is 320 g/mol. The van der Waals surface area contributed by atoms with E-state index in [1.54, 1.807) is 0 Å². The van der Waals surface area contributed by atoms with E-state index < -0.39 is 6.85 Å². The van der Waals surface area contributed by atoms with Crippen LogP contribution in [0.25, 0.3) is 44.3 Å². The zero-order chi connectivity index (χ0) is 20.9. The topological polar surface area (TPSA) is 38.9 Å². The van der Waals surface area contributed by atoms with E-state index >= 15 is 0 Å². The van der Waals surface area contributed by atoms with Gasteiger partial charge >= 0.3 is 0 Å². The number of fused-ring (bicyclic) bond motifs is 3. The Bertz CT molecular complexity index is 1390. The van der Waals surface area contributed by atoms with E-state index in [2.05, 4.69) is 9.97 Å². The normalized spacial score (nSPS) is 14.0. The highest BCUT2D eigenvalue weighted by Crippen LogP contribution is 2.36. The highest BCUT2D eigenvalue weighted by Gasteiger charge is 2.13. The van der Waals surface area contributed by atoms with E-state index in [0.29, 0.717) is 28.5 Å². The summed E-state index contributed by atoms with van der Waals surface area (Å²) in [5, 5.41) is 1.69. The van der Waals surface area contributed by atoms with Crippen molar-refractivity contribution in [1.29, 1.82) is 0 Å². The third kappa shape index (κ3) is 2.37. The quantitative estimate of drug-likeness (QED) is 0.394. The minimum atomic E-state index is -2.32. The fourth-order valence-electron chi connectivity index (χ4n) is 3.22. The second-order valence-electron chi connectivity index (χ2n) is 6.05. The van der Waals surface area contributed by atoms with E-state index in [9.17, 15) is 0 Å². The van der Waals surface area contributed by atoms with Gasteiger partial charge in [0.05, 0.1) is 7.06 Å². The Hall–Kier alpha value is -3.46. The summed E-state index contributed by atoms with van der Waals surface area (Å²) in [4.78, 5) is 8.15. The molecule has 3 nitrogen and oxygen atoms in total. The zero-order valence-corrected chi connectivity index (χ0v) is 13.7. The molecule has 124 valence electrons. The Labute approximate surface area is 156 Å². The predicted molar refractivity (Wildman–Crippen MR) is 105 cm³/mol. The van der Waals surface area contributed by atoms with Crippen LogP contribution < -0.4 is 0 Å². The van der Waals surface area contributed by atoms with Gasteiger partial charge in [-0.05, 0) is 42.2 Å². The third-order valence-electron chi connectivity index (χ3n) is 4.45. The van der Waals surface area contributed by atoms with Crippen LogP contribution in [-0.2, 0) is 0 Å². The Kier molecular flexibility index (Phi) is 2.51. The van der Waals surface area contributed by atoms with Gasteiger partial charge in [0.2, 0.25) is 0 Å². The first kappa shape index (κ1) is 11.2. The van der Waals surface area contributed by atoms with Crippen molar-refractivity contribution in [2.75, 3.05) is 0 Å². The standard InChI is InChI=1S/C23H16N2O/c1-15-12-21(25-14-24-15)20-9-5-8-19-18-11-10-17(13-22(18)26-23(19)20)16-6-3-2-4-7-16/h2-14H,1H3/i1D3,13D. The van der Waals surface area contributed by atoms with Gasteiger partial charge in [-0.15, -0.1) is 0 Å². The molecule has 5 rings (SSSR count). The first-order valence-electron chi connectivity index (χ1n) is 10.3. The molecule has 3 aromatic carbocycles. The molecule has 0 saturated carbocycles. The Morgan fingerprint density at radius 2 is 1.81 bits per heavy atom. The molecule has 0 aliphatic heterocycles. The number of hydrogen-bond donors (Lipinski definition) is 0. The molecule has 0 N–H and O–H groups in total. The van der Waals surface area contributed by atoms with Gasteiger partial charge in [0.25, 0.3) is 0 Å². The summed E-state index contributed by atoms with van der Waals surface area (Å²) < 4.78 is 37.7. The van der Waals surface area contributed by atoms with Crippen LogP contribution in [0.4, 0.5) is 0 Å². The second-order valence-corrected chi connectivity index (χ2v) is 6.05. The fourth-order valence-corrected chi connectivity index (χ4v) is 3.22. The zero-order valence-electron chi connectivity index (χ0n) is 17.7. The minimum absolute atomic E-state index is 0.0202. The SMILES string of the molecule is [2H]c1c(-c2ccccc2)ccc2c1oc1c(-c3cc(C([2H])([2H])[2H])ncn3)cccc12. The lowest BCUT2D eigenvalue weighted by Crippen LogP contribution is -1.88. The lowest BCUT2D eigenvalue weighted by Gasteiger charge is -2.02. The molecule has 26 heavy (non-hydrogen) atoms. The molecule has 0 saturated heterocycles. The van der Waals surface area contributed by atoms with Crippen LogP contribution in [0.15, 0.2) is 83.5 Å². The molecule has 0 atom stereocenters. The van der Waals surface area contributed by atoms with Gasteiger partial charge in [0.15, 0.2) is 0 Å². The van der Waals surface area contributed by atoms with Crippen molar-refractivity contribution in [3.05, 3.63) is 84.8 Å². The number of aryl methyl sites for hydroxylation is 1. The lowest BCUT2D eigenvalue weighted by molar-refractivity contribution is 0.670. The maximum atomic E-state index is 8.71. The number of nitrogens with zero attached hydrogens (tertiary/aromatic N) is 2. The number of para-hydroxylation sites is 1. The molecule has 2 heterocycles. The smallest absolute Gasteiger partial charge is 0.144 e. The average Bonchev–Trinajstić information content (AvgIpc) is 3.14. The van der Waals surface area contributed by atoms with Crippen LogP contribution in [0, 0.1) is 6.85 Å². The highest BCUT2D eigenvalue weighted by atomic mass is 16.3. The molecule has 0 spiro atoms. The molecule has 2 aromatic heterocycles. The van der Waals surface area contributed by atoms with Gasteiger partial charge < -0.3 is 4.42 Å². The van der Waals surface area contributed by atoms with Crippen molar-refractivity contribution >= 4 is 21.9 Å². The maximum Gasteiger partial charge on any atom is 0.144 e. The van der Waals surface area contributed by atoms with Crippen molar-refractivity contribution in [3.63, 3.8) is 0 Å². The maximum absolute atomic E-state index is 8.71. The molecule has 0 bridgehead atoms. The van der Waals surface area contributed by atoms with Gasteiger partial charge in [0.1, 0.15) is 17.5 Å². The second kappa shape index (κ2) is 5.81. The first-order valence-corrected chi connectivity index (χ1v) is 8.26. The number of furan rings is 1. The van der Waals surface area contributed by atoms with Gasteiger partial charge in [-0.25, -0.2) is 9.97 Å². The Morgan fingerprint density at radius 3 is 2.69 bits per heavy atom. The van der Waals surface area contributed by atoms with E-state index in [1.165, 1.54) is 12.4 Å². The van der Waals surface area contributed by atoms with Gasteiger partial charge in [0, 0.05) is 26.1 Å². The fraction of sp³-hybridized carbons (Fsp3) is 0.0435. The summed E-state index contributed by atoms with van der Waals surface area (Å²) >= 11 is 0. The van der Waals surface area contributed by atoms with Crippen molar-refractivity contribution in [1.82, 2.24) is 9.97 Å². The van der Waals surface area contributed by atoms with E-state index in [-0.39, 0.29) is 5.69 Å². The van der Waals surface area contributed by atoms with Crippen LogP contribution in [0.1, 0.15) is 11.2 Å². The van der Waals surface area contributed by atoms with Crippen molar-refractivity contribution < 1.29 is 9.90 Å². The molecule has 0 amide bonds. The Morgan fingerprint density at radius 1 is 0.885 bits per heavy atom. The molecule has 5 aromatic rings. The number of benzene rings is 3. The van der Waals surface area contributed by atoms with Crippen molar-refractivity contribution in [2.45, 2.75) is 6.85 Å². The molecule has 0 unspecified atom stereocenters. The summed E-state index contributed by atoms with van der Waals surface area (Å²) in [6, 6.07) is 21.0. The van der Waals surface area contributed by atoms with Gasteiger partial charge in [-0.2, -0.15) is 0 Å². The van der Waals surface area contributed by atoms with Crippen LogP contribution in [-0.4, -0.2) is 9.97 Å². The van der Waals surface area contributed by atoms with Crippen molar-refractivity contribution in [2.24, 2.45) is 0 Å². The number of hydrogen-bond acceptors (Lipinski definition) is 3. The van der Waals surface area contributed by atoms with Gasteiger partial charge in [-0.1, -0.05) is 48.5 Å².